The molecule has 2 N–H and O–H groups in total. The normalized spacial score (nSPS) is 10.6. The Morgan fingerprint density at radius 2 is 1.96 bits per heavy atom. The second kappa shape index (κ2) is 8.75. The second-order valence-corrected chi connectivity index (χ2v) is 6.45. The zero-order valence-corrected chi connectivity index (χ0v) is 15.8. The molecule has 0 heterocycles. The van der Waals surface area contributed by atoms with Crippen LogP contribution >= 0.6 is 35.4 Å². The van der Waals surface area contributed by atoms with Gasteiger partial charge in [0.15, 0.2) is 5.11 Å². The quantitative estimate of drug-likeness (QED) is 0.329. The summed E-state index contributed by atoms with van der Waals surface area (Å²) in [6.07, 6.45) is 2.82. The number of benzene rings is 2. The molecule has 134 valence electrons. The maximum atomic E-state index is 11.9. The Morgan fingerprint density at radius 3 is 2.58 bits per heavy atom. The monoisotopic (exact) mass is 409 g/mol. The average Bonchev–Trinajstić information content (AvgIpc) is 2.55. The predicted octanol–water partition coefficient (Wildman–Crippen LogP) is 4.74. The van der Waals surface area contributed by atoms with Crippen LogP contribution in [0.2, 0.25) is 10.0 Å². The van der Waals surface area contributed by atoms with Crippen molar-refractivity contribution in [3.63, 3.8) is 0 Å². The number of nitrogens with one attached hydrogen (secondary N) is 2. The number of aryl methyl sites for hydroxylation is 1. The summed E-state index contributed by atoms with van der Waals surface area (Å²) < 4.78 is 0. The molecule has 9 heteroatoms. The molecule has 0 radical (unpaired) electrons. The van der Waals surface area contributed by atoms with E-state index in [1.807, 2.05) is 0 Å². The Labute approximate surface area is 165 Å². The van der Waals surface area contributed by atoms with E-state index < -0.39 is 10.8 Å². The first-order valence-electron chi connectivity index (χ1n) is 7.26. The zero-order chi connectivity index (χ0) is 19.3. The number of carbonyl (C=O) groups excluding carboxylic acids is 1. The molecule has 0 aliphatic heterocycles. The van der Waals surface area contributed by atoms with Gasteiger partial charge < -0.3 is 5.32 Å². The van der Waals surface area contributed by atoms with Crippen molar-refractivity contribution in [1.82, 2.24) is 5.32 Å². The summed E-state index contributed by atoms with van der Waals surface area (Å²) in [4.78, 5) is 22.2. The molecule has 0 aromatic heterocycles. The third-order valence-corrected chi connectivity index (χ3v) is 4.05. The van der Waals surface area contributed by atoms with Crippen LogP contribution in [0, 0.1) is 17.0 Å². The molecule has 0 aliphatic carbocycles. The molecule has 2 aromatic rings. The Morgan fingerprint density at radius 1 is 1.23 bits per heavy atom. The van der Waals surface area contributed by atoms with Gasteiger partial charge in [0, 0.05) is 33.9 Å². The molecule has 0 bridgehead atoms. The number of thiocarbonyl (C=S) groups is 1. The fourth-order valence-electron chi connectivity index (χ4n) is 2.01. The Kier molecular flexibility index (Phi) is 6.68. The van der Waals surface area contributed by atoms with E-state index in [2.05, 4.69) is 10.6 Å². The van der Waals surface area contributed by atoms with E-state index in [0.29, 0.717) is 26.9 Å². The number of amides is 1. The summed E-state index contributed by atoms with van der Waals surface area (Å²) in [5.74, 6) is -0.451. The number of rotatable bonds is 4. The van der Waals surface area contributed by atoms with E-state index in [9.17, 15) is 14.9 Å². The van der Waals surface area contributed by atoms with Gasteiger partial charge in [-0.05, 0) is 54.5 Å². The molecule has 0 saturated carbocycles. The molecule has 6 nitrogen and oxygen atoms in total. The van der Waals surface area contributed by atoms with Crippen LogP contribution < -0.4 is 10.6 Å². The summed E-state index contributed by atoms with van der Waals surface area (Å²) in [5.41, 5.74) is 1.80. The number of hydrogen-bond donors (Lipinski definition) is 2. The lowest BCUT2D eigenvalue weighted by molar-refractivity contribution is -0.384. The molecule has 0 atom stereocenters. The lowest BCUT2D eigenvalue weighted by Crippen LogP contribution is -2.33. The van der Waals surface area contributed by atoms with Crippen LogP contribution in [0.4, 0.5) is 11.4 Å². The van der Waals surface area contributed by atoms with Crippen LogP contribution in [-0.2, 0) is 4.79 Å². The number of nitro benzene ring substituents is 1. The van der Waals surface area contributed by atoms with E-state index in [4.69, 9.17) is 35.4 Å². The first kappa shape index (κ1) is 19.8. The SMILES string of the molecule is Cc1cc([N+](=O)[O-])ccc1NC(=S)NC(=O)/C=C/c1ccc(Cl)cc1Cl. The number of anilines is 1. The first-order chi connectivity index (χ1) is 12.3. The van der Waals surface area contributed by atoms with E-state index in [-0.39, 0.29) is 10.8 Å². The minimum Gasteiger partial charge on any atom is -0.332 e. The van der Waals surface area contributed by atoms with E-state index in [0.717, 1.165) is 0 Å². The summed E-state index contributed by atoms with van der Waals surface area (Å²) in [6, 6.07) is 9.21. The number of carbonyl (C=O) groups is 1. The van der Waals surface area contributed by atoms with Gasteiger partial charge >= 0.3 is 0 Å². The van der Waals surface area contributed by atoms with Gasteiger partial charge in [0.2, 0.25) is 5.91 Å². The van der Waals surface area contributed by atoms with Crippen molar-refractivity contribution in [3.05, 3.63) is 73.8 Å². The average molecular weight is 410 g/mol. The van der Waals surface area contributed by atoms with Gasteiger partial charge in [-0.25, -0.2) is 0 Å². The lowest BCUT2D eigenvalue weighted by Gasteiger charge is -2.10. The van der Waals surface area contributed by atoms with Crippen molar-refractivity contribution in [2.45, 2.75) is 6.92 Å². The molecule has 0 aliphatic rings. The summed E-state index contributed by atoms with van der Waals surface area (Å²) in [6.45, 7) is 1.70. The third-order valence-electron chi connectivity index (χ3n) is 3.28. The van der Waals surface area contributed by atoms with Gasteiger partial charge in [-0.3, -0.25) is 20.2 Å². The topological polar surface area (TPSA) is 84.3 Å². The van der Waals surface area contributed by atoms with Crippen molar-refractivity contribution in [2.24, 2.45) is 0 Å². The van der Waals surface area contributed by atoms with Crippen LogP contribution in [0.5, 0.6) is 0 Å². The first-order valence-corrected chi connectivity index (χ1v) is 8.43. The number of non-ortho nitro benzene ring substituents is 1. The van der Waals surface area contributed by atoms with Crippen LogP contribution in [0.15, 0.2) is 42.5 Å². The largest absolute Gasteiger partial charge is 0.332 e. The zero-order valence-electron chi connectivity index (χ0n) is 13.5. The van der Waals surface area contributed by atoms with Gasteiger partial charge in [-0.15, -0.1) is 0 Å². The maximum Gasteiger partial charge on any atom is 0.269 e. The Bertz CT molecular complexity index is 916. The molecule has 2 aromatic carbocycles. The second-order valence-electron chi connectivity index (χ2n) is 5.20. The minimum atomic E-state index is -0.483. The van der Waals surface area contributed by atoms with Gasteiger partial charge in [-0.2, -0.15) is 0 Å². The molecule has 0 saturated heterocycles. The fraction of sp³-hybridized carbons (Fsp3) is 0.0588. The lowest BCUT2D eigenvalue weighted by atomic mass is 10.2. The number of hydrogen-bond acceptors (Lipinski definition) is 4. The smallest absolute Gasteiger partial charge is 0.269 e. The van der Waals surface area contributed by atoms with Crippen LogP contribution in [-0.4, -0.2) is 15.9 Å². The van der Waals surface area contributed by atoms with E-state index in [1.165, 1.54) is 30.4 Å². The Balaban J connectivity index is 1.98. The van der Waals surface area contributed by atoms with E-state index in [1.54, 1.807) is 25.1 Å². The third kappa shape index (κ3) is 5.52. The van der Waals surface area contributed by atoms with Crippen molar-refractivity contribution in [2.75, 3.05) is 5.32 Å². The van der Waals surface area contributed by atoms with Crippen LogP contribution in [0.3, 0.4) is 0 Å². The highest BCUT2D eigenvalue weighted by Crippen LogP contribution is 2.22. The summed E-state index contributed by atoms with van der Waals surface area (Å²) in [5, 5.41) is 17.0. The van der Waals surface area contributed by atoms with E-state index >= 15 is 0 Å². The van der Waals surface area contributed by atoms with Crippen molar-refractivity contribution >= 4 is 63.9 Å². The maximum absolute atomic E-state index is 11.9. The summed E-state index contributed by atoms with van der Waals surface area (Å²) >= 11 is 16.9. The molecule has 1 amide bonds. The molecular formula is C17H13Cl2N3O3S. The van der Waals surface area contributed by atoms with Gasteiger partial charge in [0.1, 0.15) is 0 Å². The van der Waals surface area contributed by atoms with Gasteiger partial charge in [-0.1, -0.05) is 29.3 Å². The standard InChI is InChI=1S/C17H13Cl2N3O3S/c1-10-8-13(22(24)25)5-6-15(10)20-17(26)21-16(23)7-3-11-2-4-12(18)9-14(11)19/h2-9H,1H3,(H2,20,21,23,26)/b7-3+. The molecule has 2 rings (SSSR count). The molecule has 0 unspecified atom stereocenters. The van der Waals surface area contributed by atoms with Crippen LogP contribution in [0.25, 0.3) is 6.08 Å². The fourth-order valence-corrected chi connectivity index (χ4v) is 2.69. The molecule has 0 fully saturated rings. The highest BCUT2D eigenvalue weighted by Gasteiger charge is 2.09. The molecule has 0 spiro atoms. The highest BCUT2D eigenvalue weighted by atomic mass is 35.5. The highest BCUT2D eigenvalue weighted by molar-refractivity contribution is 7.80. The van der Waals surface area contributed by atoms with Crippen molar-refractivity contribution in [1.29, 1.82) is 0 Å². The number of nitro groups is 1. The van der Waals surface area contributed by atoms with Gasteiger partial charge in [0.25, 0.3) is 5.69 Å². The van der Waals surface area contributed by atoms with Crippen LogP contribution in [0.1, 0.15) is 11.1 Å². The molecular weight excluding hydrogens is 397 g/mol. The van der Waals surface area contributed by atoms with Crippen molar-refractivity contribution in [3.8, 4) is 0 Å². The predicted molar refractivity (Wildman–Crippen MR) is 108 cm³/mol. The van der Waals surface area contributed by atoms with Gasteiger partial charge in [0.05, 0.1) is 4.92 Å². The number of nitrogens with zero attached hydrogens (tertiary/aromatic N) is 1. The number of halogens is 2. The minimum absolute atomic E-state index is 0.0224. The van der Waals surface area contributed by atoms with Crippen molar-refractivity contribution < 1.29 is 9.72 Å². The Hall–Kier alpha value is -2.48. The molecule has 26 heavy (non-hydrogen) atoms. The summed E-state index contributed by atoms with van der Waals surface area (Å²) in [7, 11) is 0.